The number of aliphatic imine (C=N–C) groups is 1. The number of likely N-dealkylation sites (tertiary alicyclic amines) is 1. The van der Waals surface area contributed by atoms with Gasteiger partial charge in [0.2, 0.25) is 0 Å². The molecule has 28 heavy (non-hydrogen) atoms. The van der Waals surface area contributed by atoms with Gasteiger partial charge in [-0.1, -0.05) is 28.1 Å². The van der Waals surface area contributed by atoms with Crippen molar-refractivity contribution in [1.82, 2.24) is 20.9 Å². The first-order valence-corrected chi connectivity index (χ1v) is 10.9. The van der Waals surface area contributed by atoms with Crippen molar-refractivity contribution in [1.29, 1.82) is 0 Å². The lowest BCUT2D eigenvalue weighted by molar-refractivity contribution is 0.198. The number of hydrogen-bond donors (Lipinski definition) is 3. The molecule has 0 atom stereocenters. The molecule has 1 aliphatic heterocycles. The maximum absolute atomic E-state index is 4.72. The molecule has 1 heterocycles. The van der Waals surface area contributed by atoms with E-state index in [0.717, 1.165) is 62.5 Å². The van der Waals surface area contributed by atoms with Gasteiger partial charge in [0.1, 0.15) is 0 Å². The van der Waals surface area contributed by atoms with Crippen molar-refractivity contribution in [3.05, 3.63) is 34.3 Å². The van der Waals surface area contributed by atoms with Crippen LogP contribution in [-0.4, -0.2) is 55.2 Å². The second kappa shape index (κ2) is 13.0. The molecule has 1 aromatic carbocycles. The number of guanidine groups is 1. The first kappa shape index (κ1) is 25.7. The number of piperidine rings is 1. The van der Waals surface area contributed by atoms with E-state index in [-0.39, 0.29) is 29.5 Å². The van der Waals surface area contributed by atoms with Crippen molar-refractivity contribution in [3.63, 3.8) is 0 Å². The van der Waals surface area contributed by atoms with Crippen LogP contribution >= 0.6 is 39.9 Å². The second-order valence-corrected chi connectivity index (χ2v) is 9.17. The summed E-state index contributed by atoms with van der Waals surface area (Å²) < 4.78 is 1.14. The molecule has 1 aliphatic rings. The van der Waals surface area contributed by atoms with Crippen molar-refractivity contribution in [2.75, 3.05) is 32.7 Å². The van der Waals surface area contributed by atoms with Crippen molar-refractivity contribution in [2.45, 2.75) is 58.7 Å². The first-order valence-electron chi connectivity index (χ1n) is 10.1. The van der Waals surface area contributed by atoms with Crippen LogP contribution in [0.15, 0.2) is 33.7 Å². The number of hydrogen-bond acceptors (Lipinski definition) is 3. The van der Waals surface area contributed by atoms with Crippen molar-refractivity contribution >= 4 is 45.9 Å². The van der Waals surface area contributed by atoms with E-state index in [4.69, 9.17) is 4.99 Å². The Morgan fingerprint density at radius 3 is 2.39 bits per heavy atom. The molecule has 0 amide bonds. The number of halogens is 2. The summed E-state index contributed by atoms with van der Waals surface area (Å²) in [5.41, 5.74) is 1.52. The van der Waals surface area contributed by atoms with Crippen LogP contribution in [0.4, 0.5) is 0 Å². The highest BCUT2D eigenvalue weighted by Gasteiger charge is 2.20. The summed E-state index contributed by atoms with van der Waals surface area (Å²) in [6, 6.07) is 9.15. The van der Waals surface area contributed by atoms with E-state index in [2.05, 4.69) is 88.7 Å². The maximum atomic E-state index is 4.72. The number of nitrogens with zero attached hydrogens (tertiary/aromatic N) is 2. The lowest BCUT2D eigenvalue weighted by Gasteiger charge is -2.33. The van der Waals surface area contributed by atoms with Crippen molar-refractivity contribution < 1.29 is 0 Å². The molecule has 5 nitrogen and oxygen atoms in total. The summed E-state index contributed by atoms with van der Waals surface area (Å²) in [6.07, 6.45) is 2.31. The molecule has 7 heteroatoms. The smallest absolute Gasteiger partial charge is 0.191 e. The summed E-state index contributed by atoms with van der Waals surface area (Å²) in [4.78, 5) is 7.26. The molecule has 0 saturated carbocycles. The average molecular weight is 566 g/mol. The van der Waals surface area contributed by atoms with Gasteiger partial charge in [0, 0.05) is 48.8 Å². The highest BCUT2D eigenvalue weighted by atomic mass is 127. The Bertz CT molecular complexity index is 577. The zero-order chi connectivity index (χ0) is 19.7. The van der Waals surface area contributed by atoms with E-state index >= 15 is 0 Å². The molecule has 0 aliphatic carbocycles. The number of benzene rings is 1. The average Bonchev–Trinajstić information content (AvgIpc) is 2.61. The van der Waals surface area contributed by atoms with Crippen LogP contribution in [0.25, 0.3) is 0 Å². The lowest BCUT2D eigenvalue weighted by Crippen LogP contribution is -2.48. The number of rotatable bonds is 7. The van der Waals surface area contributed by atoms with Gasteiger partial charge in [0.05, 0.1) is 6.54 Å². The molecule has 1 aromatic rings. The molecule has 3 N–H and O–H groups in total. The molecule has 2 rings (SSSR count). The molecule has 0 spiro atoms. The van der Waals surface area contributed by atoms with Crippen LogP contribution in [0.3, 0.4) is 0 Å². The summed E-state index contributed by atoms with van der Waals surface area (Å²) in [5.74, 6) is 0.944. The van der Waals surface area contributed by atoms with Crippen LogP contribution in [-0.2, 0) is 6.54 Å². The Morgan fingerprint density at radius 2 is 1.82 bits per heavy atom. The van der Waals surface area contributed by atoms with Crippen LogP contribution in [0.2, 0.25) is 0 Å². The fourth-order valence-electron chi connectivity index (χ4n) is 3.20. The van der Waals surface area contributed by atoms with Crippen LogP contribution in [0.5, 0.6) is 0 Å². The van der Waals surface area contributed by atoms with Gasteiger partial charge in [-0.15, -0.1) is 24.0 Å². The minimum absolute atomic E-state index is 0. The summed E-state index contributed by atoms with van der Waals surface area (Å²) in [6.45, 7) is 14.5. The molecule has 1 fully saturated rings. The fraction of sp³-hybridized carbons (Fsp3) is 0.667. The zero-order valence-corrected chi connectivity index (χ0v) is 21.6. The molecular weight excluding hydrogens is 529 g/mol. The van der Waals surface area contributed by atoms with E-state index in [0.29, 0.717) is 6.04 Å². The molecule has 0 radical (unpaired) electrons. The van der Waals surface area contributed by atoms with E-state index in [1.165, 1.54) is 5.56 Å². The predicted molar refractivity (Wildman–Crippen MR) is 135 cm³/mol. The third kappa shape index (κ3) is 10.4. The molecular formula is C21H37BrIN5. The zero-order valence-electron chi connectivity index (χ0n) is 17.7. The Morgan fingerprint density at radius 1 is 1.18 bits per heavy atom. The van der Waals surface area contributed by atoms with Gasteiger partial charge < -0.3 is 16.0 Å². The van der Waals surface area contributed by atoms with E-state index in [9.17, 15) is 0 Å². The van der Waals surface area contributed by atoms with E-state index in [1.807, 2.05) is 0 Å². The van der Waals surface area contributed by atoms with Gasteiger partial charge in [-0.3, -0.25) is 9.89 Å². The predicted octanol–water partition coefficient (Wildman–Crippen LogP) is 3.97. The highest BCUT2D eigenvalue weighted by molar-refractivity contribution is 14.0. The highest BCUT2D eigenvalue weighted by Crippen LogP contribution is 2.16. The van der Waals surface area contributed by atoms with Crippen molar-refractivity contribution in [2.24, 2.45) is 4.99 Å². The van der Waals surface area contributed by atoms with Gasteiger partial charge in [-0.25, -0.2) is 0 Å². The Kier molecular flexibility index (Phi) is 11.9. The van der Waals surface area contributed by atoms with Crippen LogP contribution in [0.1, 0.15) is 46.1 Å². The van der Waals surface area contributed by atoms with Gasteiger partial charge >= 0.3 is 0 Å². The van der Waals surface area contributed by atoms with Gasteiger partial charge in [0.15, 0.2) is 5.96 Å². The van der Waals surface area contributed by atoms with Gasteiger partial charge in [-0.2, -0.15) is 0 Å². The number of nitrogens with one attached hydrogen (secondary N) is 3. The van der Waals surface area contributed by atoms with Crippen LogP contribution in [0, 0.1) is 0 Å². The molecule has 0 unspecified atom stereocenters. The second-order valence-electron chi connectivity index (χ2n) is 8.26. The largest absolute Gasteiger partial charge is 0.357 e. The summed E-state index contributed by atoms with van der Waals surface area (Å²) in [5, 5.41) is 10.5. The van der Waals surface area contributed by atoms with Crippen LogP contribution < -0.4 is 16.0 Å². The summed E-state index contributed by atoms with van der Waals surface area (Å²) in [7, 11) is 0. The Hall–Kier alpha value is -0.380. The monoisotopic (exact) mass is 565 g/mol. The van der Waals surface area contributed by atoms with Crippen molar-refractivity contribution in [3.8, 4) is 0 Å². The van der Waals surface area contributed by atoms with Gasteiger partial charge in [-0.05, 0) is 58.2 Å². The molecule has 0 bridgehead atoms. The lowest BCUT2D eigenvalue weighted by atomic mass is 10.0. The standard InChI is InChI=1S/C21H36BrN5.HI/c1-5-23-20(24-12-13-25-21(2,3)4)26-19-10-14-27(15-11-19)16-17-6-8-18(22)9-7-17;/h6-9,19,25H,5,10-16H2,1-4H3,(H2,23,24,26);1H. The Balaban J connectivity index is 0.00000392. The third-order valence-corrected chi connectivity index (χ3v) is 5.16. The SMILES string of the molecule is CCNC(=NCCNC(C)(C)C)NC1CCN(Cc2ccc(Br)cc2)CC1.I. The van der Waals surface area contributed by atoms with E-state index in [1.54, 1.807) is 0 Å². The maximum Gasteiger partial charge on any atom is 0.191 e. The minimum atomic E-state index is 0. The van der Waals surface area contributed by atoms with Gasteiger partial charge in [0.25, 0.3) is 0 Å². The Labute approximate surface area is 196 Å². The molecule has 160 valence electrons. The van der Waals surface area contributed by atoms with E-state index < -0.39 is 0 Å². The normalized spacial score (nSPS) is 16.5. The third-order valence-electron chi connectivity index (χ3n) is 4.63. The minimum Gasteiger partial charge on any atom is -0.357 e. The fourth-order valence-corrected chi connectivity index (χ4v) is 3.46. The topological polar surface area (TPSA) is 51.7 Å². The molecule has 1 saturated heterocycles. The first-order chi connectivity index (χ1) is 12.9. The quantitative estimate of drug-likeness (QED) is 0.203. The molecule has 0 aromatic heterocycles. The summed E-state index contributed by atoms with van der Waals surface area (Å²) >= 11 is 3.50.